The Balaban J connectivity index is 1.86. The Kier molecular flexibility index (Phi) is 3.58. The zero-order chi connectivity index (χ0) is 18.7. The number of hydrogen-bond acceptors (Lipinski definition) is 4. The van der Waals surface area contributed by atoms with Crippen LogP contribution in [0.2, 0.25) is 0 Å². The van der Waals surface area contributed by atoms with Crippen molar-refractivity contribution < 1.29 is 32.2 Å². The molecule has 26 heavy (non-hydrogen) atoms. The molecule has 1 aliphatic carbocycles. The summed E-state index contributed by atoms with van der Waals surface area (Å²) < 4.78 is 50.2. The van der Waals surface area contributed by atoms with Crippen molar-refractivity contribution in [2.75, 3.05) is 13.7 Å². The lowest BCUT2D eigenvalue weighted by Gasteiger charge is -2.33. The van der Waals surface area contributed by atoms with Gasteiger partial charge in [0, 0.05) is 25.1 Å². The highest BCUT2D eigenvalue weighted by Gasteiger charge is 2.54. The van der Waals surface area contributed by atoms with Gasteiger partial charge in [-0.1, -0.05) is 12.1 Å². The van der Waals surface area contributed by atoms with Crippen molar-refractivity contribution in [2.45, 2.75) is 37.1 Å². The maximum Gasteiger partial charge on any atom is 0.471 e. The van der Waals surface area contributed by atoms with Crippen molar-refractivity contribution in [1.29, 1.82) is 0 Å². The van der Waals surface area contributed by atoms with Crippen LogP contribution in [0.25, 0.3) is 0 Å². The molecule has 0 fully saturated rings. The molecule has 0 bridgehead atoms. The maximum absolute atomic E-state index is 12.9. The average Bonchev–Trinajstić information content (AvgIpc) is 2.82. The highest BCUT2D eigenvalue weighted by atomic mass is 19.4. The van der Waals surface area contributed by atoms with Crippen LogP contribution in [-0.4, -0.2) is 42.5 Å². The molecule has 8 heteroatoms. The van der Waals surface area contributed by atoms with Crippen molar-refractivity contribution in [2.24, 2.45) is 0 Å². The van der Waals surface area contributed by atoms with Gasteiger partial charge < -0.3 is 14.4 Å². The molecular formula is C18H16F3NO4. The first-order valence-corrected chi connectivity index (χ1v) is 8.21. The van der Waals surface area contributed by atoms with Gasteiger partial charge in [-0.2, -0.15) is 13.2 Å². The number of amides is 1. The van der Waals surface area contributed by atoms with E-state index >= 15 is 0 Å². The fraction of sp³-hybridized carbons (Fsp3) is 0.444. The third-order valence-corrected chi connectivity index (χ3v) is 5.37. The SMILES string of the molecule is COc1ccc2c3c1O[C@H]1CC(=O)C=C[C@@]31CCN(C(=O)C(F)(F)F)C2. The van der Waals surface area contributed by atoms with Gasteiger partial charge in [0.2, 0.25) is 0 Å². The molecule has 0 aromatic heterocycles. The summed E-state index contributed by atoms with van der Waals surface area (Å²) in [4.78, 5) is 24.5. The lowest BCUT2D eigenvalue weighted by atomic mass is 9.69. The van der Waals surface area contributed by atoms with E-state index in [2.05, 4.69) is 0 Å². The van der Waals surface area contributed by atoms with Crippen LogP contribution < -0.4 is 9.47 Å². The number of benzene rings is 1. The largest absolute Gasteiger partial charge is 0.493 e. The minimum Gasteiger partial charge on any atom is -0.493 e. The van der Waals surface area contributed by atoms with Gasteiger partial charge in [0.1, 0.15) is 6.10 Å². The highest BCUT2D eigenvalue weighted by molar-refractivity contribution is 5.92. The first-order chi connectivity index (χ1) is 12.3. The van der Waals surface area contributed by atoms with E-state index in [0.29, 0.717) is 17.1 Å². The molecule has 1 aromatic carbocycles. The predicted octanol–water partition coefficient (Wildman–Crippen LogP) is 2.52. The minimum atomic E-state index is -4.93. The second-order valence-electron chi connectivity index (χ2n) is 6.76. The van der Waals surface area contributed by atoms with Crippen molar-refractivity contribution in [3.8, 4) is 11.5 Å². The number of alkyl halides is 3. The van der Waals surface area contributed by atoms with Crippen molar-refractivity contribution in [3.63, 3.8) is 0 Å². The summed E-state index contributed by atoms with van der Waals surface area (Å²) in [6.07, 6.45) is -1.87. The number of ether oxygens (including phenoxy) is 2. The normalized spacial score (nSPS) is 26.7. The van der Waals surface area contributed by atoms with E-state index in [1.165, 1.54) is 13.2 Å². The molecule has 5 nitrogen and oxygen atoms in total. The summed E-state index contributed by atoms with van der Waals surface area (Å²) in [5.74, 6) is -1.03. The fourth-order valence-corrected chi connectivity index (χ4v) is 4.17. The smallest absolute Gasteiger partial charge is 0.471 e. The standard InChI is InChI=1S/C18H16F3NO4/c1-25-12-3-2-10-9-22(16(24)18(19,20)21)7-6-17-5-4-11(23)8-13(17)26-15(12)14(10)17/h2-5,13H,6-9H2,1H3/t13-,17-/m0/s1. The summed E-state index contributed by atoms with van der Waals surface area (Å²) in [6.45, 7) is -0.239. The molecule has 1 aromatic rings. The van der Waals surface area contributed by atoms with Gasteiger partial charge in [0.15, 0.2) is 17.3 Å². The quantitative estimate of drug-likeness (QED) is 0.766. The number of nitrogens with zero attached hydrogens (tertiary/aromatic N) is 1. The zero-order valence-electron chi connectivity index (χ0n) is 13.9. The summed E-state index contributed by atoms with van der Waals surface area (Å²) in [6, 6.07) is 3.28. The minimum absolute atomic E-state index is 0.0762. The van der Waals surface area contributed by atoms with Crippen LogP contribution in [0.15, 0.2) is 24.3 Å². The number of methoxy groups -OCH3 is 1. The van der Waals surface area contributed by atoms with Crippen molar-refractivity contribution >= 4 is 11.7 Å². The van der Waals surface area contributed by atoms with Gasteiger partial charge in [-0.05, 0) is 24.1 Å². The molecule has 0 radical (unpaired) electrons. The average molecular weight is 367 g/mol. The number of rotatable bonds is 1. The first kappa shape index (κ1) is 16.9. The first-order valence-electron chi connectivity index (χ1n) is 8.21. The molecule has 2 aliphatic heterocycles. The van der Waals surface area contributed by atoms with E-state index in [9.17, 15) is 22.8 Å². The lowest BCUT2D eigenvalue weighted by molar-refractivity contribution is -0.186. The van der Waals surface area contributed by atoms with E-state index in [0.717, 1.165) is 10.5 Å². The molecule has 2 atom stereocenters. The highest BCUT2D eigenvalue weighted by Crippen LogP contribution is 2.55. The molecule has 0 saturated heterocycles. The van der Waals surface area contributed by atoms with Crippen LogP contribution in [-0.2, 0) is 21.5 Å². The van der Waals surface area contributed by atoms with E-state index in [1.807, 2.05) is 0 Å². The van der Waals surface area contributed by atoms with Crippen LogP contribution in [0, 0.1) is 0 Å². The summed E-state index contributed by atoms with van der Waals surface area (Å²) in [7, 11) is 1.48. The Morgan fingerprint density at radius 3 is 2.85 bits per heavy atom. The molecule has 1 amide bonds. The second-order valence-corrected chi connectivity index (χ2v) is 6.76. The van der Waals surface area contributed by atoms with Gasteiger partial charge in [-0.25, -0.2) is 0 Å². The molecule has 0 saturated carbocycles. The Labute approximate surface area is 147 Å². The molecule has 0 N–H and O–H groups in total. The van der Waals surface area contributed by atoms with Gasteiger partial charge in [-0.3, -0.25) is 9.59 Å². The van der Waals surface area contributed by atoms with Crippen LogP contribution in [0.1, 0.15) is 24.0 Å². The number of carbonyl (C=O) groups excluding carboxylic acids is 2. The Hall–Kier alpha value is -2.51. The van der Waals surface area contributed by atoms with E-state index in [4.69, 9.17) is 9.47 Å². The number of allylic oxidation sites excluding steroid dienone is 1. The zero-order valence-corrected chi connectivity index (χ0v) is 13.9. The van der Waals surface area contributed by atoms with E-state index in [1.54, 1.807) is 18.2 Å². The maximum atomic E-state index is 12.9. The molecule has 4 rings (SSSR count). The fourth-order valence-electron chi connectivity index (χ4n) is 4.17. The lowest BCUT2D eigenvalue weighted by Crippen LogP contribution is -2.44. The topological polar surface area (TPSA) is 55.8 Å². The Bertz CT molecular complexity index is 832. The van der Waals surface area contributed by atoms with Crippen LogP contribution >= 0.6 is 0 Å². The molecule has 3 aliphatic rings. The second kappa shape index (κ2) is 5.49. The molecule has 0 unspecified atom stereocenters. The van der Waals surface area contributed by atoms with E-state index in [-0.39, 0.29) is 31.7 Å². The number of ketones is 1. The van der Waals surface area contributed by atoms with Gasteiger partial charge in [0.05, 0.1) is 12.5 Å². The van der Waals surface area contributed by atoms with Crippen molar-refractivity contribution in [1.82, 2.24) is 4.90 Å². The summed E-state index contributed by atoms with van der Waals surface area (Å²) in [5, 5.41) is 0. The van der Waals surface area contributed by atoms with Crippen LogP contribution in [0.4, 0.5) is 13.2 Å². The molecular weight excluding hydrogens is 351 g/mol. The van der Waals surface area contributed by atoms with E-state index < -0.39 is 23.6 Å². The molecule has 2 heterocycles. The predicted molar refractivity (Wildman–Crippen MR) is 83.9 cm³/mol. The third-order valence-electron chi connectivity index (χ3n) is 5.37. The molecule has 1 spiro atoms. The van der Waals surface area contributed by atoms with Crippen molar-refractivity contribution in [3.05, 3.63) is 35.4 Å². The number of halogens is 3. The van der Waals surface area contributed by atoms with Gasteiger partial charge in [0.25, 0.3) is 0 Å². The summed E-state index contributed by atoms with van der Waals surface area (Å²) >= 11 is 0. The number of hydrogen-bond donors (Lipinski definition) is 0. The summed E-state index contributed by atoms with van der Waals surface area (Å²) in [5.41, 5.74) is 0.578. The number of carbonyl (C=O) groups is 2. The third kappa shape index (κ3) is 2.31. The monoisotopic (exact) mass is 367 g/mol. The Morgan fingerprint density at radius 2 is 2.15 bits per heavy atom. The molecule has 138 valence electrons. The van der Waals surface area contributed by atoms with Gasteiger partial charge >= 0.3 is 12.1 Å². The van der Waals surface area contributed by atoms with Gasteiger partial charge in [-0.15, -0.1) is 0 Å². The van der Waals surface area contributed by atoms with Crippen LogP contribution in [0.5, 0.6) is 11.5 Å². The Morgan fingerprint density at radius 1 is 1.38 bits per heavy atom. The van der Waals surface area contributed by atoms with Crippen LogP contribution in [0.3, 0.4) is 0 Å².